The fourth-order valence-corrected chi connectivity index (χ4v) is 2.58. The fourth-order valence-electron chi connectivity index (χ4n) is 2.58. The largest absolute Gasteiger partial charge is 0.493 e. The second-order valence-electron chi connectivity index (χ2n) is 6.42. The number of ether oxygens (including phenoxy) is 1. The number of rotatable bonds is 7. The Labute approximate surface area is 153 Å². The number of hydrogen-bond acceptors (Lipinski definition) is 6. The van der Waals surface area contributed by atoms with Crippen LogP contribution in [0.2, 0.25) is 0 Å². The minimum absolute atomic E-state index is 0.550. The van der Waals surface area contributed by atoms with Crippen molar-refractivity contribution in [2.45, 2.75) is 20.3 Å². The summed E-state index contributed by atoms with van der Waals surface area (Å²) in [7, 11) is 1.61. The zero-order chi connectivity index (χ0) is 18.4. The summed E-state index contributed by atoms with van der Waals surface area (Å²) < 4.78 is 5.28. The van der Waals surface area contributed by atoms with E-state index >= 15 is 0 Å². The molecule has 6 nitrogen and oxygen atoms in total. The van der Waals surface area contributed by atoms with E-state index in [4.69, 9.17) is 4.74 Å². The summed E-state index contributed by atoms with van der Waals surface area (Å²) >= 11 is 0. The molecule has 2 aromatic heterocycles. The van der Waals surface area contributed by atoms with Crippen LogP contribution in [-0.4, -0.2) is 22.1 Å². The lowest BCUT2D eigenvalue weighted by molar-refractivity contribution is 0.415. The highest BCUT2D eigenvalue weighted by atomic mass is 16.5. The highest BCUT2D eigenvalue weighted by Gasteiger charge is 2.04. The molecule has 0 unspecified atom stereocenters. The van der Waals surface area contributed by atoms with Gasteiger partial charge in [-0.15, -0.1) is 0 Å². The molecule has 3 aromatic rings. The predicted molar refractivity (Wildman–Crippen MR) is 104 cm³/mol. The van der Waals surface area contributed by atoms with Gasteiger partial charge in [0.05, 0.1) is 37.1 Å². The first-order valence-electron chi connectivity index (χ1n) is 8.57. The summed E-state index contributed by atoms with van der Waals surface area (Å²) in [5, 5.41) is 6.44. The number of methoxy groups -OCH3 is 1. The van der Waals surface area contributed by atoms with E-state index in [-0.39, 0.29) is 0 Å². The Morgan fingerprint density at radius 3 is 2.31 bits per heavy atom. The van der Waals surface area contributed by atoms with Crippen LogP contribution < -0.4 is 15.4 Å². The number of benzene rings is 1. The second-order valence-corrected chi connectivity index (χ2v) is 6.42. The lowest BCUT2D eigenvalue weighted by Crippen LogP contribution is -2.00. The zero-order valence-electron chi connectivity index (χ0n) is 15.2. The minimum Gasteiger partial charge on any atom is -0.493 e. The van der Waals surface area contributed by atoms with E-state index in [1.54, 1.807) is 31.9 Å². The molecule has 0 aliphatic heterocycles. The first kappa shape index (κ1) is 17.7. The number of nitrogens with zero attached hydrogens (tertiary/aromatic N) is 3. The standard InChI is InChI=1S/C20H23N5O/c1-14(2)10-15-4-6-16(7-5-15)25-20-22-11-17(12-23-20)24-18-8-9-21-13-19(18)26-3/h4-9,11-14H,10H2,1-3H3,(H,21,24)(H,22,23,25). The molecule has 0 fully saturated rings. The maximum absolute atomic E-state index is 5.28. The van der Waals surface area contributed by atoms with Crippen molar-refractivity contribution in [2.75, 3.05) is 17.7 Å². The maximum atomic E-state index is 5.28. The third-order valence-corrected chi connectivity index (χ3v) is 3.79. The third kappa shape index (κ3) is 4.69. The van der Waals surface area contributed by atoms with Gasteiger partial charge in [-0.2, -0.15) is 0 Å². The van der Waals surface area contributed by atoms with Crippen LogP contribution in [0.4, 0.5) is 23.0 Å². The summed E-state index contributed by atoms with van der Waals surface area (Å²) in [6.45, 7) is 4.44. The van der Waals surface area contributed by atoms with E-state index in [9.17, 15) is 0 Å². The average Bonchev–Trinajstić information content (AvgIpc) is 2.65. The van der Waals surface area contributed by atoms with Crippen LogP contribution in [0.25, 0.3) is 0 Å². The Bertz CT molecular complexity index is 832. The molecule has 1 aromatic carbocycles. The molecular formula is C20H23N5O. The van der Waals surface area contributed by atoms with Crippen molar-refractivity contribution in [1.82, 2.24) is 15.0 Å². The van der Waals surface area contributed by atoms with Gasteiger partial charge in [-0.25, -0.2) is 9.97 Å². The summed E-state index contributed by atoms with van der Waals surface area (Å²) in [6, 6.07) is 10.2. The van der Waals surface area contributed by atoms with Gasteiger partial charge in [0.1, 0.15) is 0 Å². The molecule has 0 saturated heterocycles. The molecule has 0 atom stereocenters. The van der Waals surface area contributed by atoms with Gasteiger partial charge in [0, 0.05) is 11.9 Å². The van der Waals surface area contributed by atoms with E-state index in [2.05, 4.69) is 63.7 Å². The number of anilines is 4. The van der Waals surface area contributed by atoms with E-state index in [0.29, 0.717) is 17.6 Å². The van der Waals surface area contributed by atoms with Crippen molar-refractivity contribution in [1.29, 1.82) is 0 Å². The highest BCUT2D eigenvalue weighted by molar-refractivity contribution is 5.65. The van der Waals surface area contributed by atoms with Crippen LogP contribution in [0.3, 0.4) is 0 Å². The molecule has 0 saturated carbocycles. The average molecular weight is 349 g/mol. The molecule has 0 bridgehead atoms. The third-order valence-electron chi connectivity index (χ3n) is 3.79. The molecule has 0 radical (unpaired) electrons. The quantitative estimate of drug-likeness (QED) is 0.651. The monoisotopic (exact) mass is 349 g/mol. The zero-order valence-corrected chi connectivity index (χ0v) is 15.2. The predicted octanol–water partition coefficient (Wildman–Crippen LogP) is 4.57. The molecule has 2 N–H and O–H groups in total. The summed E-state index contributed by atoms with van der Waals surface area (Å²) in [4.78, 5) is 12.7. The van der Waals surface area contributed by atoms with E-state index in [1.807, 2.05) is 6.07 Å². The molecule has 3 rings (SSSR count). The topological polar surface area (TPSA) is 72.0 Å². The Morgan fingerprint density at radius 2 is 1.65 bits per heavy atom. The Balaban J connectivity index is 1.64. The maximum Gasteiger partial charge on any atom is 0.227 e. The van der Waals surface area contributed by atoms with Gasteiger partial charge in [0.2, 0.25) is 5.95 Å². The Hall–Kier alpha value is -3.15. The summed E-state index contributed by atoms with van der Waals surface area (Å²) in [5.74, 6) is 1.86. The highest BCUT2D eigenvalue weighted by Crippen LogP contribution is 2.25. The van der Waals surface area contributed by atoms with Gasteiger partial charge in [-0.05, 0) is 36.1 Å². The lowest BCUT2D eigenvalue weighted by Gasteiger charge is -2.11. The van der Waals surface area contributed by atoms with Crippen molar-refractivity contribution in [2.24, 2.45) is 5.92 Å². The van der Waals surface area contributed by atoms with Gasteiger partial charge in [0.25, 0.3) is 0 Å². The number of aromatic nitrogens is 3. The molecule has 26 heavy (non-hydrogen) atoms. The van der Waals surface area contributed by atoms with Gasteiger partial charge in [-0.3, -0.25) is 4.98 Å². The normalized spacial score (nSPS) is 10.6. The first-order valence-corrected chi connectivity index (χ1v) is 8.57. The minimum atomic E-state index is 0.550. The second kappa shape index (κ2) is 8.29. The van der Waals surface area contributed by atoms with Crippen LogP contribution >= 0.6 is 0 Å². The summed E-state index contributed by atoms with van der Waals surface area (Å²) in [5.41, 5.74) is 3.88. The van der Waals surface area contributed by atoms with E-state index in [0.717, 1.165) is 23.5 Å². The molecule has 0 amide bonds. The number of pyridine rings is 1. The molecule has 134 valence electrons. The smallest absolute Gasteiger partial charge is 0.227 e. The number of hydrogen-bond donors (Lipinski definition) is 2. The van der Waals surface area contributed by atoms with Crippen LogP contribution in [0.5, 0.6) is 5.75 Å². The fraction of sp³-hybridized carbons (Fsp3) is 0.250. The van der Waals surface area contributed by atoms with Gasteiger partial charge < -0.3 is 15.4 Å². The summed E-state index contributed by atoms with van der Waals surface area (Å²) in [6.07, 6.45) is 7.88. The first-order chi connectivity index (χ1) is 12.6. The molecular weight excluding hydrogens is 326 g/mol. The molecule has 0 spiro atoms. The SMILES string of the molecule is COc1cnccc1Nc1cnc(Nc2ccc(CC(C)C)cc2)nc1. The molecule has 0 aliphatic rings. The van der Waals surface area contributed by atoms with Crippen LogP contribution in [-0.2, 0) is 6.42 Å². The van der Waals surface area contributed by atoms with Crippen LogP contribution in [0.15, 0.2) is 55.1 Å². The number of nitrogens with one attached hydrogen (secondary N) is 2. The molecule has 2 heterocycles. The lowest BCUT2D eigenvalue weighted by atomic mass is 10.0. The van der Waals surface area contributed by atoms with Crippen LogP contribution in [0, 0.1) is 5.92 Å². The molecule has 6 heteroatoms. The molecule has 0 aliphatic carbocycles. The Kier molecular flexibility index (Phi) is 5.63. The van der Waals surface area contributed by atoms with Crippen LogP contribution in [0.1, 0.15) is 19.4 Å². The van der Waals surface area contributed by atoms with E-state index in [1.165, 1.54) is 5.56 Å². The van der Waals surface area contributed by atoms with Crippen molar-refractivity contribution in [3.63, 3.8) is 0 Å². The van der Waals surface area contributed by atoms with Crippen molar-refractivity contribution in [3.8, 4) is 5.75 Å². The van der Waals surface area contributed by atoms with Crippen molar-refractivity contribution >= 4 is 23.0 Å². The van der Waals surface area contributed by atoms with Gasteiger partial charge in [0.15, 0.2) is 5.75 Å². The van der Waals surface area contributed by atoms with Crippen molar-refractivity contribution in [3.05, 3.63) is 60.7 Å². The van der Waals surface area contributed by atoms with Gasteiger partial charge in [-0.1, -0.05) is 26.0 Å². The van der Waals surface area contributed by atoms with Crippen molar-refractivity contribution < 1.29 is 4.74 Å². The Morgan fingerprint density at radius 1 is 0.923 bits per heavy atom. The van der Waals surface area contributed by atoms with Gasteiger partial charge >= 0.3 is 0 Å². The van der Waals surface area contributed by atoms with E-state index < -0.39 is 0 Å².